The highest BCUT2D eigenvalue weighted by atomic mass is 16.2. The minimum absolute atomic E-state index is 0.174. The third kappa shape index (κ3) is 0.703. The second kappa shape index (κ2) is 1.69. The minimum atomic E-state index is -0.174. The first-order valence-corrected chi connectivity index (χ1v) is 2.22. The Hall–Kier alpha value is -1.25. The Labute approximate surface area is 47.0 Å². The monoisotopic (exact) mass is 110 g/mol. The minimum Gasteiger partial charge on any atom is -0.306 e. The molecule has 0 bridgehead atoms. The predicted molar refractivity (Wildman–Crippen MR) is 29.6 cm³/mol. The normalized spacial score (nSPS) is 17.5. The second-order valence-electron chi connectivity index (χ2n) is 1.46. The lowest BCUT2D eigenvalue weighted by molar-refractivity contribution is -0.118. The van der Waals surface area contributed by atoms with E-state index in [1.165, 1.54) is 0 Å². The van der Waals surface area contributed by atoms with Crippen molar-refractivity contribution in [2.24, 2.45) is 0 Å². The van der Waals surface area contributed by atoms with E-state index in [0.717, 1.165) is 0 Å². The van der Waals surface area contributed by atoms with Crippen LogP contribution in [0.3, 0.4) is 0 Å². The molecule has 1 amide bonds. The van der Waals surface area contributed by atoms with Gasteiger partial charge < -0.3 is 5.43 Å². The summed E-state index contributed by atoms with van der Waals surface area (Å²) in [7, 11) is 0. The van der Waals surface area contributed by atoms with Crippen molar-refractivity contribution in [3.63, 3.8) is 0 Å². The zero-order valence-corrected chi connectivity index (χ0v) is 4.27. The van der Waals surface area contributed by atoms with E-state index < -0.39 is 0 Å². The third-order valence-corrected chi connectivity index (χ3v) is 0.845. The highest BCUT2D eigenvalue weighted by molar-refractivity contribution is 5.95. The van der Waals surface area contributed by atoms with E-state index in [2.05, 4.69) is 17.4 Å². The molecule has 0 unspecified atom stereocenters. The summed E-state index contributed by atoms with van der Waals surface area (Å²) in [6.45, 7) is 3.46. The molecular formula is C5H6N2O. The molecule has 3 nitrogen and oxygen atoms in total. The van der Waals surface area contributed by atoms with E-state index in [4.69, 9.17) is 0 Å². The first-order chi connectivity index (χ1) is 3.80. The summed E-state index contributed by atoms with van der Waals surface area (Å²) in [5.74, 6) is -0.174. The Morgan fingerprint density at radius 3 is 2.75 bits per heavy atom. The van der Waals surface area contributed by atoms with Crippen molar-refractivity contribution in [2.75, 3.05) is 0 Å². The van der Waals surface area contributed by atoms with E-state index in [-0.39, 0.29) is 5.91 Å². The van der Waals surface area contributed by atoms with Gasteiger partial charge in [0.05, 0.1) is 0 Å². The highest BCUT2D eigenvalue weighted by Gasteiger charge is 2.03. The maximum absolute atomic E-state index is 10.5. The molecule has 42 valence electrons. The molecular weight excluding hydrogens is 104 g/mol. The summed E-state index contributed by atoms with van der Waals surface area (Å²) in [6, 6.07) is 0. The number of amides is 1. The zero-order valence-electron chi connectivity index (χ0n) is 4.27. The molecule has 0 saturated heterocycles. The Bertz CT molecular complexity index is 160. The van der Waals surface area contributed by atoms with Gasteiger partial charge in [0.2, 0.25) is 0 Å². The van der Waals surface area contributed by atoms with Crippen LogP contribution < -0.4 is 10.9 Å². The van der Waals surface area contributed by atoms with Gasteiger partial charge in [-0.2, -0.15) is 0 Å². The molecule has 0 aliphatic carbocycles. The Morgan fingerprint density at radius 2 is 2.38 bits per heavy atom. The van der Waals surface area contributed by atoms with Crippen molar-refractivity contribution >= 4 is 5.91 Å². The molecule has 0 saturated carbocycles. The number of carbonyl (C=O) groups excluding carboxylic acids is 1. The maximum atomic E-state index is 10.5. The van der Waals surface area contributed by atoms with Crippen LogP contribution in [0.5, 0.6) is 0 Å². The van der Waals surface area contributed by atoms with Gasteiger partial charge in [-0.3, -0.25) is 10.2 Å². The molecule has 1 rings (SSSR count). The number of carbonyl (C=O) groups is 1. The van der Waals surface area contributed by atoms with E-state index >= 15 is 0 Å². The summed E-state index contributed by atoms with van der Waals surface area (Å²) in [6.07, 6.45) is 3.22. The number of hydrazine groups is 1. The largest absolute Gasteiger partial charge is 0.306 e. The number of hydrogen-bond donors (Lipinski definition) is 2. The molecule has 0 spiro atoms. The molecule has 1 heterocycles. The summed E-state index contributed by atoms with van der Waals surface area (Å²) >= 11 is 0. The van der Waals surface area contributed by atoms with Crippen LogP contribution in [0.25, 0.3) is 0 Å². The molecule has 0 aromatic carbocycles. The first kappa shape index (κ1) is 4.90. The lowest BCUT2D eigenvalue weighted by Gasteiger charge is -2.07. The smallest absolute Gasteiger partial charge is 0.269 e. The average Bonchev–Trinajstić information content (AvgIpc) is 1.77. The van der Waals surface area contributed by atoms with Crippen LogP contribution in [-0.2, 0) is 4.79 Å². The topological polar surface area (TPSA) is 41.1 Å². The average molecular weight is 110 g/mol. The van der Waals surface area contributed by atoms with Crippen LogP contribution in [0.2, 0.25) is 0 Å². The highest BCUT2D eigenvalue weighted by Crippen LogP contribution is 1.93. The van der Waals surface area contributed by atoms with Crippen LogP contribution >= 0.6 is 0 Å². The Morgan fingerprint density at radius 1 is 1.62 bits per heavy atom. The molecule has 0 atom stereocenters. The predicted octanol–water partition coefficient (Wildman–Crippen LogP) is -0.309. The van der Waals surface area contributed by atoms with Gasteiger partial charge in [-0.15, -0.1) is 0 Å². The van der Waals surface area contributed by atoms with Crippen molar-refractivity contribution in [3.8, 4) is 0 Å². The van der Waals surface area contributed by atoms with Gasteiger partial charge in [0, 0.05) is 11.8 Å². The molecule has 0 fully saturated rings. The van der Waals surface area contributed by atoms with E-state index in [0.29, 0.717) is 5.57 Å². The first-order valence-electron chi connectivity index (χ1n) is 2.22. The molecule has 2 N–H and O–H groups in total. The van der Waals surface area contributed by atoms with Crippen LogP contribution in [0.15, 0.2) is 24.4 Å². The van der Waals surface area contributed by atoms with Gasteiger partial charge >= 0.3 is 0 Å². The fraction of sp³-hybridized carbons (Fsp3) is 0. The van der Waals surface area contributed by atoms with Crippen LogP contribution in [0.1, 0.15) is 0 Å². The molecule has 0 radical (unpaired) electrons. The molecule has 0 aromatic heterocycles. The molecule has 1 aliphatic rings. The van der Waals surface area contributed by atoms with Gasteiger partial charge in [-0.05, 0) is 6.08 Å². The summed E-state index contributed by atoms with van der Waals surface area (Å²) < 4.78 is 0. The fourth-order valence-corrected chi connectivity index (χ4v) is 0.405. The van der Waals surface area contributed by atoms with Crippen LogP contribution in [-0.4, -0.2) is 5.91 Å². The third-order valence-electron chi connectivity index (χ3n) is 0.845. The molecule has 8 heavy (non-hydrogen) atoms. The second-order valence-corrected chi connectivity index (χ2v) is 1.46. The van der Waals surface area contributed by atoms with E-state index in [1.54, 1.807) is 12.3 Å². The fourth-order valence-electron chi connectivity index (χ4n) is 0.405. The molecule has 0 aromatic rings. The number of rotatable bonds is 0. The standard InChI is InChI=1S/C5H6N2O/c1-4-2-3-6-7-5(4)8/h2-3,6H,1H2,(H,7,8). The Kier molecular flexibility index (Phi) is 1.04. The van der Waals surface area contributed by atoms with Gasteiger partial charge in [0.15, 0.2) is 0 Å². The molecule has 1 aliphatic heterocycles. The van der Waals surface area contributed by atoms with Crippen molar-refractivity contribution in [3.05, 3.63) is 24.4 Å². The maximum Gasteiger partial charge on any atom is 0.269 e. The van der Waals surface area contributed by atoms with Gasteiger partial charge in [-0.1, -0.05) is 6.58 Å². The Balaban J connectivity index is 2.75. The van der Waals surface area contributed by atoms with Gasteiger partial charge in [0.25, 0.3) is 5.91 Å². The lowest BCUT2D eigenvalue weighted by atomic mass is 10.3. The molecule has 3 heteroatoms. The van der Waals surface area contributed by atoms with Gasteiger partial charge in [-0.25, -0.2) is 0 Å². The van der Waals surface area contributed by atoms with E-state index in [1.807, 2.05) is 0 Å². The van der Waals surface area contributed by atoms with Crippen molar-refractivity contribution in [2.45, 2.75) is 0 Å². The zero-order chi connectivity index (χ0) is 5.98. The summed E-state index contributed by atoms with van der Waals surface area (Å²) in [5, 5.41) is 0. The quantitative estimate of drug-likeness (QED) is 0.420. The summed E-state index contributed by atoms with van der Waals surface area (Å²) in [4.78, 5) is 10.5. The van der Waals surface area contributed by atoms with Gasteiger partial charge in [0.1, 0.15) is 0 Å². The number of nitrogens with one attached hydrogen (secondary N) is 2. The van der Waals surface area contributed by atoms with Crippen molar-refractivity contribution in [1.29, 1.82) is 0 Å². The SMILES string of the molecule is C=C1C=CNNC1=O. The van der Waals surface area contributed by atoms with Crippen LogP contribution in [0.4, 0.5) is 0 Å². The van der Waals surface area contributed by atoms with Crippen LogP contribution in [0, 0.1) is 0 Å². The summed E-state index contributed by atoms with van der Waals surface area (Å²) in [5.41, 5.74) is 5.36. The van der Waals surface area contributed by atoms with E-state index in [9.17, 15) is 4.79 Å². The lowest BCUT2D eigenvalue weighted by Crippen LogP contribution is -2.36. The van der Waals surface area contributed by atoms with Crippen molar-refractivity contribution < 1.29 is 4.79 Å². The number of hydrogen-bond acceptors (Lipinski definition) is 2. The van der Waals surface area contributed by atoms with Crippen molar-refractivity contribution in [1.82, 2.24) is 10.9 Å².